The zero-order valence-electron chi connectivity index (χ0n) is 10.4. The molecule has 0 heterocycles. The Morgan fingerprint density at radius 3 is 2.19 bits per heavy atom. The highest BCUT2D eigenvalue weighted by molar-refractivity contribution is 5.79. The molecule has 0 aromatic heterocycles. The fraction of sp³-hybridized carbons (Fsp3) is 0.909. The largest absolute Gasteiger partial charge is 0.394 e. The van der Waals surface area contributed by atoms with Crippen molar-refractivity contribution in [1.29, 1.82) is 0 Å². The molecule has 0 fully saturated rings. The molecule has 5 nitrogen and oxygen atoms in total. The molecular weight excluding hydrogens is 208 g/mol. The van der Waals surface area contributed by atoms with Gasteiger partial charge in [0.1, 0.15) is 0 Å². The third-order valence-corrected chi connectivity index (χ3v) is 2.53. The van der Waals surface area contributed by atoms with Crippen molar-refractivity contribution in [3.8, 4) is 0 Å². The molecule has 1 atom stereocenters. The second-order valence-corrected chi connectivity index (χ2v) is 4.93. The van der Waals surface area contributed by atoms with Gasteiger partial charge in [-0.3, -0.25) is 4.79 Å². The smallest absolute Gasteiger partial charge is 0.224 e. The van der Waals surface area contributed by atoms with Crippen LogP contribution in [0.15, 0.2) is 0 Å². The van der Waals surface area contributed by atoms with Crippen molar-refractivity contribution in [2.75, 3.05) is 19.8 Å². The number of aliphatic hydroxyl groups is 2. The summed E-state index contributed by atoms with van der Waals surface area (Å²) in [5, 5.41) is 20.8. The van der Waals surface area contributed by atoms with E-state index in [1.807, 2.05) is 13.8 Å². The number of carbonyl (C=O) groups excluding carboxylic acids is 1. The van der Waals surface area contributed by atoms with Crippen LogP contribution in [-0.2, 0) is 4.79 Å². The number of aliphatic hydroxyl groups excluding tert-OH is 2. The number of carbonyl (C=O) groups is 1. The number of rotatable bonds is 7. The molecule has 0 radical (unpaired) electrons. The van der Waals surface area contributed by atoms with E-state index >= 15 is 0 Å². The number of hydrogen-bond acceptors (Lipinski definition) is 4. The van der Waals surface area contributed by atoms with Crippen molar-refractivity contribution in [3.05, 3.63) is 0 Å². The molecule has 0 spiro atoms. The minimum Gasteiger partial charge on any atom is -0.394 e. The van der Waals surface area contributed by atoms with E-state index in [4.69, 9.17) is 15.9 Å². The minimum absolute atomic E-state index is 0.207. The first-order valence-electron chi connectivity index (χ1n) is 5.62. The van der Waals surface area contributed by atoms with Gasteiger partial charge in [-0.1, -0.05) is 13.8 Å². The van der Waals surface area contributed by atoms with Gasteiger partial charge < -0.3 is 21.3 Å². The van der Waals surface area contributed by atoms with E-state index in [0.29, 0.717) is 12.3 Å². The molecule has 0 aromatic rings. The minimum atomic E-state index is -0.971. The zero-order valence-corrected chi connectivity index (χ0v) is 10.4. The Kier molecular flexibility index (Phi) is 6.55. The van der Waals surface area contributed by atoms with Crippen molar-refractivity contribution < 1.29 is 15.0 Å². The lowest BCUT2D eigenvalue weighted by atomic mass is 9.94. The van der Waals surface area contributed by atoms with E-state index in [2.05, 4.69) is 5.32 Å². The Bertz CT molecular complexity index is 215. The van der Waals surface area contributed by atoms with Crippen molar-refractivity contribution in [2.24, 2.45) is 17.6 Å². The SMILES string of the molecule is CC(C)CC(CN)C(=O)NC(C)(CO)CO. The lowest BCUT2D eigenvalue weighted by Crippen LogP contribution is -2.54. The predicted molar refractivity (Wildman–Crippen MR) is 62.7 cm³/mol. The summed E-state index contributed by atoms with van der Waals surface area (Å²) in [4.78, 5) is 11.8. The Morgan fingerprint density at radius 1 is 1.38 bits per heavy atom. The lowest BCUT2D eigenvalue weighted by molar-refractivity contribution is -0.128. The highest BCUT2D eigenvalue weighted by Crippen LogP contribution is 2.12. The van der Waals surface area contributed by atoms with Gasteiger partial charge >= 0.3 is 0 Å². The number of amides is 1. The van der Waals surface area contributed by atoms with Crippen LogP contribution in [0.25, 0.3) is 0 Å². The Labute approximate surface area is 97.0 Å². The molecule has 5 N–H and O–H groups in total. The van der Waals surface area contributed by atoms with Crippen LogP contribution in [0.1, 0.15) is 27.2 Å². The second-order valence-electron chi connectivity index (χ2n) is 4.93. The summed E-state index contributed by atoms with van der Waals surface area (Å²) >= 11 is 0. The molecule has 1 amide bonds. The first-order chi connectivity index (χ1) is 7.38. The van der Waals surface area contributed by atoms with Gasteiger partial charge in [-0.25, -0.2) is 0 Å². The van der Waals surface area contributed by atoms with E-state index in [0.717, 1.165) is 0 Å². The molecule has 96 valence electrons. The summed E-state index contributed by atoms with van der Waals surface area (Å²) in [7, 11) is 0. The van der Waals surface area contributed by atoms with Crippen LogP contribution in [0.5, 0.6) is 0 Å². The van der Waals surface area contributed by atoms with Gasteiger partial charge in [-0.15, -0.1) is 0 Å². The first-order valence-corrected chi connectivity index (χ1v) is 5.62. The van der Waals surface area contributed by atoms with Gasteiger partial charge in [-0.05, 0) is 19.3 Å². The van der Waals surface area contributed by atoms with E-state index in [1.165, 1.54) is 0 Å². The molecule has 5 heteroatoms. The number of nitrogens with two attached hydrogens (primary N) is 1. The standard InChI is InChI=1S/C11H24N2O3/c1-8(2)4-9(5-12)10(16)13-11(3,6-14)7-15/h8-9,14-15H,4-7,12H2,1-3H3,(H,13,16). The van der Waals surface area contributed by atoms with E-state index in [1.54, 1.807) is 6.92 Å². The summed E-state index contributed by atoms with van der Waals surface area (Å²) in [6, 6.07) is 0. The van der Waals surface area contributed by atoms with Gasteiger partial charge in [0.2, 0.25) is 5.91 Å². The molecule has 0 aromatic carbocycles. The van der Waals surface area contributed by atoms with E-state index in [9.17, 15) is 4.79 Å². The highest BCUT2D eigenvalue weighted by atomic mass is 16.3. The van der Waals surface area contributed by atoms with E-state index in [-0.39, 0.29) is 31.6 Å². The monoisotopic (exact) mass is 232 g/mol. The molecule has 0 bridgehead atoms. The summed E-state index contributed by atoms with van der Waals surface area (Å²) in [5.74, 6) is -0.0898. The second kappa shape index (κ2) is 6.83. The normalized spacial score (nSPS) is 13.9. The number of hydrogen-bond donors (Lipinski definition) is 4. The molecule has 0 aliphatic rings. The summed E-state index contributed by atoms with van der Waals surface area (Å²) in [5.41, 5.74) is 4.57. The molecule has 1 unspecified atom stereocenters. The Hall–Kier alpha value is -0.650. The van der Waals surface area contributed by atoms with Crippen molar-refractivity contribution in [3.63, 3.8) is 0 Å². The fourth-order valence-corrected chi connectivity index (χ4v) is 1.41. The van der Waals surface area contributed by atoms with Crippen LogP contribution in [0.4, 0.5) is 0 Å². The average Bonchev–Trinajstić information content (AvgIpc) is 2.25. The lowest BCUT2D eigenvalue weighted by Gasteiger charge is -2.28. The van der Waals surface area contributed by atoms with Crippen LogP contribution >= 0.6 is 0 Å². The third kappa shape index (κ3) is 4.92. The fourth-order valence-electron chi connectivity index (χ4n) is 1.41. The van der Waals surface area contributed by atoms with Crippen molar-refractivity contribution >= 4 is 5.91 Å². The van der Waals surface area contributed by atoms with Gasteiger partial charge in [0, 0.05) is 6.54 Å². The first kappa shape index (κ1) is 15.3. The van der Waals surface area contributed by atoms with Gasteiger partial charge in [0.15, 0.2) is 0 Å². The average molecular weight is 232 g/mol. The van der Waals surface area contributed by atoms with E-state index < -0.39 is 5.54 Å². The van der Waals surface area contributed by atoms with Gasteiger partial charge in [-0.2, -0.15) is 0 Å². The third-order valence-electron chi connectivity index (χ3n) is 2.53. The van der Waals surface area contributed by atoms with Crippen molar-refractivity contribution in [1.82, 2.24) is 5.32 Å². The topological polar surface area (TPSA) is 95.6 Å². The van der Waals surface area contributed by atoms with Crippen LogP contribution < -0.4 is 11.1 Å². The van der Waals surface area contributed by atoms with Crippen molar-refractivity contribution in [2.45, 2.75) is 32.7 Å². The number of nitrogens with one attached hydrogen (secondary N) is 1. The quantitative estimate of drug-likeness (QED) is 0.474. The predicted octanol–water partition coefficient (Wildman–Crippen LogP) is -0.533. The van der Waals surface area contributed by atoms with Crippen LogP contribution in [0.3, 0.4) is 0 Å². The van der Waals surface area contributed by atoms with Crippen LogP contribution in [0, 0.1) is 11.8 Å². The maximum Gasteiger partial charge on any atom is 0.224 e. The Morgan fingerprint density at radius 2 is 1.88 bits per heavy atom. The summed E-state index contributed by atoms with van der Waals surface area (Å²) in [6.07, 6.45) is 0.704. The summed E-state index contributed by atoms with van der Waals surface area (Å²) in [6.45, 7) is 5.31. The highest BCUT2D eigenvalue weighted by Gasteiger charge is 2.28. The zero-order chi connectivity index (χ0) is 12.8. The van der Waals surface area contributed by atoms with Crippen LogP contribution in [0.2, 0.25) is 0 Å². The molecule has 0 aliphatic heterocycles. The maximum absolute atomic E-state index is 11.8. The van der Waals surface area contributed by atoms with Crippen LogP contribution in [-0.4, -0.2) is 41.4 Å². The molecule has 0 aliphatic carbocycles. The molecule has 0 saturated carbocycles. The molecule has 0 rings (SSSR count). The molecule has 0 saturated heterocycles. The molecular formula is C11H24N2O3. The molecule has 16 heavy (non-hydrogen) atoms. The summed E-state index contributed by atoms with van der Waals surface area (Å²) < 4.78 is 0. The Balaban J connectivity index is 4.41. The maximum atomic E-state index is 11.8. The van der Waals surface area contributed by atoms with Gasteiger partial charge in [0.25, 0.3) is 0 Å². The van der Waals surface area contributed by atoms with Gasteiger partial charge in [0.05, 0.1) is 24.7 Å².